The SMILES string of the molecule is CN(C(=O)c1ccc(Cl)cc1)[C@@H]1CCN(C(=O)[C@H]2CCCCN2C(=O)O)C[C@H]1c1ccc(Cl)c(Cl)c1. The number of piperidine rings is 2. The van der Waals surface area contributed by atoms with Gasteiger partial charge in [-0.1, -0.05) is 40.9 Å². The number of rotatable bonds is 4. The molecule has 3 atom stereocenters. The normalized spacial score (nSPS) is 22.3. The van der Waals surface area contributed by atoms with E-state index in [-0.39, 0.29) is 23.8 Å². The highest BCUT2D eigenvalue weighted by molar-refractivity contribution is 6.42. The summed E-state index contributed by atoms with van der Waals surface area (Å²) in [7, 11) is 1.76. The van der Waals surface area contributed by atoms with Crippen molar-refractivity contribution in [1.82, 2.24) is 14.7 Å². The zero-order chi connectivity index (χ0) is 26.0. The Balaban J connectivity index is 1.61. The van der Waals surface area contributed by atoms with E-state index < -0.39 is 12.1 Å². The van der Waals surface area contributed by atoms with E-state index in [2.05, 4.69) is 0 Å². The first-order valence-electron chi connectivity index (χ1n) is 11.9. The molecule has 192 valence electrons. The Labute approximate surface area is 225 Å². The van der Waals surface area contributed by atoms with E-state index in [1.807, 2.05) is 6.07 Å². The van der Waals surface area contributed by atoms with Crippen molar-refractivity contribution in [1.29, 1.82) is 0 Å². The van der Waals surface area contributed by atoms with Crippen LogP contribution >= 0.6 is 34.8 Å². The molecule has 0 radical (unpaired) electrons. The summed E-state index contributed by atoms with van der Waals surface area (Å²) >= 11 is 18.5. The number of benzene rings is 2. The summed E-state index contributed by atoms with van der Waals surface area (Å²) in [5, 5.41) is 11.0. The molecule has 0 aliphatic carbocycles. The summed E-state index contributed by atoms with van der Waals surface area (Å²) in [4.78, 5) is 43.3. The van der Waals surface area contributed by atoms with Gasteiger partial charge in [-0.2, -0.15) is 0 Å². The average molecular weight is 553 g/mol. The average Bonchev–Trinajstić information content (AvgIpc) is 2.89. The van der Waals surface area contributed by atoms with E-state index >= 15 is 0 Å². The molecule has 0 bridgehead atoms. The van der Waals surface area contributed by atoms with Crippen molar-refractivity contribution in [2.24, 2.45) is 0 Å². The van der Waals surface area contributed by atoms with Crippen LogP contribution in [0.4, 0.5) is 4.79 Å². The lowest BCUT2D eigenvalue weighted by molar-refractivity contribution is -0.139. The molecule has 10 heteroatoms. The van der Waals surface area contributed by atoms with Gasteiger partial charge in [0.25, 0.3) is 5.91 Å². The van der Waals surface area contributed by atoms with Gasteiger partial charge in [0, 0.05) is 49.2 Å². The number of likely N-dealkylation sites (tertiary alicyclic amines) is 2. The first-order valence-corrected chi connectivity index (χ1v) is 13.1. The molecule has 0 spiro atoms. The van der Waals surface area contributed by atoms with Crippen molar-refractivity contribution in [2.75, 3.05) is 26.7 Å². The van der Waals surface area contributed by atoms with Gasteiger partial charge in [-0.15, -0.1) is 0 Å². The molecule has 4 rings (SSSR count). The van der Waals surface area contributed by atoms with Crippen LogP contribution in [0.25, 0.3) is 0 Å². The third-order valence-electron chi connectivity index (χ3n) is 7.20. The van der Waals surface area contributed by atoms with Gasteiger partial charge in [0.15, 0.2) is 0 Å². The maximum absolute atomic E-state index is 13.5. The number of halogens is 3. The molecule has 2 aliphatic heterocycles. The highest BCUT2D eigenvalue weighted by atomic mass is 35.5. The number of carbonyl (C=O) groups is 3. The lowest BCUT2D eigenvalue weighted by atomic mass is 9.84. The summed E-state index contributed by atoms with van der Waals surface area (Å²) in [6.07, 6.45) is 1.54. The molecule has 2 aromatic rings. The van der Waals surface area contributed by atoms with Crippen LogP contribution in [0.3, 0.4) is 0 Å². The van der Waals surface area contributed by atoms with Crippen LogP contribution in [0.2, 0.25) is 15.1 Å². The molecule has 0 unspecified atom stereocenters. The third kappa shape index (κ3) is 5.58. The Morgan fingerprint density at radius 2 is 1.67 bits per heavy atom. The van der Waals surface area contributed by atoms with Crippen molar-refractivity contribution in [3.8, 4) is 0 Å². The second-order valence-electron chi connectivity index (χ2n) is 9.33. The highest BCUT2D eigenvalue weighted by Gasteiger charge is 2.41. The molecule has 7 nitrogen and oxygen atoms in total. The molecule has 36 heavy (non-hydrogen) atoms. The summed E-state index contributed by atoms with van der Waals surface area (Å²) in [6, 6.07) is 11.2. The third-order valence-corrected chi connectivity index (χ3v) is 8.19. The quantitative estimate of drug-likeness (QED) is 0.533. The predicted molar refractivity (Wildman–Crippen MR) is 140 cm³/mol. The van der Waals surface area contributed by atoms with Crippen LogP contribution in [-0.2, 0) is 4.79 Å². The molecule has 2 aromatic carbocycles. The molecule has 0 saturated carbocycles. The topological polar surface area (TPSA) is 81.2 Å². The van der Waals surface area contributed by atoms with Gasteiger partial charge in [0.05, 0.1) is 10.0 Å². The molecule has 2 fully saturated rings. The second kappa shape index (κ2) is 11.3. The van der Waals surface area contributed by atoms with Crippen LogP contribution in [0.1, 0.15) is 47.5 Å². The number of carboxylic acid groups (broad SMARTS) is 1. The Kier molecular flexibility index (Phi) is 8.33. The van der Waals surface area contributed by atoms with E-state index in [9.17, 15) is 19.5 Å². The zero-order valence-electron chi connectivity index (χ0n) is 19.9. The molecular weight excluding hydrogens is 525 g/mol. The maximum atomic E-state index is 13.5. The maximum Gasteiger partial charge on any atom is 0.407 e. The van der Waals surface area contributed by atoms with Gasteiger partial charge in [-0.3, -0.25) is 14.5 Å². The summed E-state index contributed by atoms with van der Waals surface area (Å²) in [5.74, 6) is -0.571. The van der Waals surface area contributed by atoms with Crippen molar-refractivity contribution < 1.29 is 19.5 Å². The van der Waals surface area contributed by atoms with Crippen molar-refractivity contribution in [2.45, 2.75) is 43.7 Å². The van der Waals surface area contributed by atoms with E-state index in [1.165, 1.54) is 4.90 Å². The fourth-order valence-electron chi connectivity index (χ4n) is 5.25. The Bertz CT molecular complexity index is 1140. The molecule has 2 heterocycles. The van der Waals surface area contributed by atoms with Gasteiger partial charge < -0.3 is 14.9 Å². The number of hydrogen-bond acceptors (Lipinski definition) is 3. The smallest absolute Gasteiger partial charge is 0.407 e. The van der Waals surface area contributed by atoms with Crippen LogP contribution in [0.15, 0.2) is 42.5 Å². The van der Waals surface area contributed by atoms with Gasteiger partial charge >= 0.3 is 6.09 Å². The number of likely N-dealkylation sites (N-methyl/N-ethyl adjacent to an activating group) is 1. The Morgan fingerprint density at radius 3 is 2.33 bits per heavy atom. The van der Waals surface area contributed by atoms with E-state index in [4.69, 9.17) is 34.8 Å². The number of nitrogens with zero attached hydrogens (tertiary/aromatic N) is 3. The lowest BCUT2D eigenvalue weighted by Gasteiger charge is -2.45. The molecule has 3 amide bonds. The van der Waals surface area contributed by atoms with Gasteiger partial charge in [0.1, 0.15) is 6.04 Å². The minimum absolute atomic E-state index is 0.147. The first-order chi connectivity index (χ1) is 17.2. The molecule has 0 aromatic heterocycles. The lowest BCUT2D eigenvalue weighted by Crippen LogP contribution is -2.57. The van der Waals surface area contributed by atoms with Crippen molar-refractivity contribution >= 4 is 52.7 Å². The van der Waals surface area contributed by atoms with Crippen LogP contribution in [0, 0.1) is 0 Å². The minimum Gasteiger partial charge on any atom is -0.465 e. The molecule has 2 aliphatic rings. The largest absolute Gasteiger partial charge is 0.465 e. The van der Waals surface area contributed by atoms with Gasteiger partial charge in [0.2, 0.25) is 5.91 Å². The monoisotopic (exact) mass is 551 g/mol. The Hall–Kier alpha value is -2.48. The molecular formula is C26H28Cl3N3O4. The van der Waals surface area contributed by atoms with Crippen molar-refractivity contribution in [3.05, 3.63) is 68.7 Å². The zero-order valence-corrected chi connectivity index (χ0v) is 22.1. The fraction of sp³-hybridized carbons (Fsp3) is 0.423. The summed E-state index contributed by atoms with van der Waals surface area (Å²) < 4.78 is 0. The van der Waals surface area contributed by atoms with Crippen LogP contribution in [-0.4, -0.2) is 76.5 Å². The second-order valence-corrected chi connectivity index (χ2v) is 10.6. The predicted octanol–water partition coefficient (Wildman–Crippen LogP) is 5.64. The Morgan fingerprint density at radius 1 is 0.944 bits per heavy atom. The van der Waals surface area contributed by atoms with E-state index in [0.29, 0.717) is 53.1 Å². The van der Waals surface area contributed by atoms with E-state index in [0.717, 1.165) is 18.4 Å². The molecule has 2 saturated heterocycles. The first kappa shape index (κ1) is 26.6. The van der Waals surface area contributed by atoms with Gasteiger partial charge in [-0.05, 0) is 67.6 Å². The molecule has 1 N–H and O–H groups in total. The van der Waals surface area contributed by atoms with Crippen LogP contribution < -0.4 is 0 Å². The highest BCUT2D eigenvalue weighted by Crippen LogP contribution is 2.35. The van der Waals surface area contributed by atoms with Gasteiger partial charge in [-0.25, -0.2) is 4.79 Å². The fourth-order valence-corrected chi connectivity index (χ4v) is 5.68. The standard InChI is InChI=1S/C26H28Cl3N3O4/c1-30(24(33)16-5-8-18(27)9-6-16)22-11-13-31(15-19(22)17-7-10-20(28)21(29)14-17)25(34)23-4-2-3-12-32(23)26(35)36/h5-10,14,19,22-23H,2-4,11-13,15H2,1H3,(H,35,36)/t19-,22+,23+/m0/s1. The number of amides is 3. The summed E-state index contributed by atoms with van der Waals surface area (Å²) in [6.45, 7) is 1.12. The van der Waals surface area contributed by atoms with E-state index in [1.54, 1.807) is 53.2 Å². The van der Waals surface area contributed by atoms with Crippen molar-refractivity contribution in [3.63, 3.8) is 0 Å². The number of carbonyl (C=O) groups excluding carboxylic acids is 2. The minimum atomic E-state index is -1.07. The number of hydrogen-bond donors (Lipinski definition) is 1. The summed E-state index contributed by atoms with van der Waals surface area (Å²) in [5.41, 5.74) is 1.38. The van der Waals surface area contributed by atoms with Crippen LogP contribution in [0.5, 0.6) is 0 Å².